The summed E-state index contributed by atoms with van der Waals surface area (Å²) in [5.74, 6) is -1.26. The Hall–Kier alpha value is -1.62. The van der Waals surface area contributed by atoms with E-state index in [1.807, 2.05) is 0 Å². The molecule has 0 spiro atoms. The normalized spacial score (nSPS) is 19.0. The number of carbonyl (C=O) groups is 2. The Morgan fingerprint density at radius 2 is 2.22 bits per heavy atom. The minimum atomic E-state index is -0.960. The van der Waals surface area contributed by atoms with Crippen molar-refractivity contribution in [1.29, 1.82) is 0 Å². The van der Waals surface area contributed by atoms with Crippen molar-refractivity contribution in [3.05, 3.63) is 28.5 Å². The van der Waals surface area contributed by atoms with Gasteiger partial charge in [-0.3, -0.25) is 4.79 Å². The number of rotatable bonds is 2. The summed E-state index contributed by atoms with van der Waals surface area (Å²) in [7, 11) is 0. The lowest BCUT2D eigenvalue weighted by Gasteiger charge is -2.21. The Kier molecular flexibility index (Phi) is 3.52. The number of carboxylic acids is 1. The lowest BCUT2D eigenvalue weighted by atomic mass is 10.2. The topological polar surface area (TPSA) is 70.5 Å². The SMILES string of the molecule is Cc1cc(C(=O)N2CCC[C@H]2C(=O)O)cc(Cl)n1. The lowest BCUT2D eigenvalue weighted by Crippen LogP contribution is -2.40. The first-order valence-corrected chi connectivity index (χ1v) is 6.05. The van der Waals surface area contributed by atoms with Crippen molar-refractivity contribution >= 4 is 23.5 Å². The quantitative estimate of drug-likeness (QED) is 0.830. The molecule has 0 bridgehead atoms. The molecular weight excluding hydrogens is 256 g/mol. The molecule has 0 saturated carbocycles. The van der Waals surface area contributed by atoms with Crippen molar-refractivity contribution in [1.82, 2.24) is 9.88 Å². The molecule has 0 radical (unpaired) electrons. The molecule has 1 aromatic rings. The maximum atomic E-state index is 12.2. The maximum absolute atomic E-state index is 12.2. The van der Waals surface area contributed by atoms with Crippen LogP contribution in [0.1, 0.15) is 28.9 Å². The number of aryl methyl sites for hydroxylation is 1. The third-order valence-corrected chi connectivity index (χ3v) is 3.16. The van der Waals surface area contributed by atoms with E-state index in [9.17, 15) is 9.59 Å². The van der Waals surface area contributed by atoms with Crippen LogP contribution in [0.5, 0.6) is 0 Å². The fourth-order valence-electron chi connectivity index (χ4n) is 2.18. The number of aromatic nitrogens is 1. The zero-order valence-corrected chi connectivity index (χ0v) is 10.6. The van der Waals surface area contributed by atoms with Crippen molar-refractivity contribution in [2.75, 3.05) is 6.54 Å². The van der Waals surface area contributed by atoms with Crippen LogP contribution >= 0.6 is 11.6 Å². The number of hydrogen-bond donors (Lipinski definition) is 1. The van der Waals surface area contributed by atoms with E-state index < -0.39 is 12.0 Å². The monoisotopic (exact) mass is 268 g/mol. The first kappa shape index (κ1) is 12.8. The zero-order chi connectivity index (χ0) is 13.3. The van der Waals surface area contributed by atoms with Gasteiger partial charge in [0.1, 0.15) is 11.2 Å². The third-order valence-electron chi connectivity index (χ3n) is 2.97. The molecule has 0 unspecified atom stereocenters. The number of aliphatic carboxylic acids is 1. The number of carbonyl (C=O) groups excluding carboxylic acids is 1. The van der Waals surface area contributed by atoms with Gasteiger partial charge in [-0.15, -0.1) is 0 Å². The van der Waals surface area contributed by atoms with Crippen LogP contribution in [-0.4, -0.2) is 39.5 Å². The molecule has 1 atom stereocenters. The van der Waals surface area contributed by atoms with Crippen molar-refractivity contribution in [3.63, 3.8) is 0 Å². The van der Waals surface area contributed by atoms with E-state index in [0.717, 1.165) is 0 Å². The molecule has 1 N–H and O–H groups in total. The minimum absolute atomic E-state index is 0.240. The second-order valence-corrected chi connectivity index (χ2v) is 4.70. The highest BCUT2D eigenvalue weighted by molar-refractivity contribution is 6.29. The maximum Gasteiger partial charge on any atom is 0.326 e. The summed E-state index contributed by atoms with van der Waals surface area (Å²) in [6, 6.07) is 2.35. The van der Waals surface area contributed by atoms with Gasteiger partial charge in [0.05, 0.1) is 0 Å². The number of nitrogens with zero attached hydrogens (tertiary/aromatic N) is 2. The average molecular weight is 269 g/mol. The molecule has 1 saturated heterocycles. The van der Waals surface area contributed by atoms with Crippen molar-refractivity contribution < 1.29 is 14.7 Å². The number of pyridine rings is 1. The smallest absolute Gasteiger partial charge is 0.326 e. The predicted octanol–water partition coefficient (Wildman–Crippen LogP) is 1.73. The van der Waals surface area contributed by atoms with Gasteiger partial charge in [-0.2, -0.15) is 0 Å². The molecule has 96 valence electrons. The van der Waals surface area contributed by atoms with E-state index in [4.69, 9.17) is 16.7 Å². The molecule has 2 rings (SSSR count). The molecular formula is C12H13ClN2O3. The molecule has 2 heterocycles. The van der Waals surface area contributed by atoms with E-state index in [0.29, 0.717) is 30.6 Å². The summed E-state index contributed by atoms with van der Waals surface area (Å²) in [6.45, 7) is 2.20. The fraction of sp³-hybridized carbons (Fsp3) is 0.417. The summed E-state index contributed by atoms with van der Waals surface area (Å²) < 4.78 is 0. The lowest BCUT2D eigenvalue weighted by molar-refractivity contribution is -0.141. The van der Waals surface area contributed by atoms with Crippen LogP contribution in [0.2, 0.25) is 5.15 Å². The molecule has 18 heavy (non-hydrogen) atoms. The summed E-state index contributed by atoms with van der Waals surface area (Å²) in [6.07, 6.45) is 1.21. The van der Waals surface area contributed by atoms with Crippen LogP contribution in [-0.2, 0) is 4.79 Å². The Bertz CT molecular complexity index is 484. The highest BCUT2D eigenvalue weighted by Crippen LogP contribution is 2.21. The van der Waals surface area contributed by atoms with Crippen molar-refractivity contribution in [2.24, 2.45) is 0 Å². The number of carboxylic acid groups (broad SMARTS) is 1. The van der Waals surface area contributed by atoms with Crippen LogP contribution in [0.4, 0.5) is 0 Å². The highest BCUT2D eigenvalue weighted by Gasteiger charge is 2.34. The Morgan fingerprint density at radius 1 is 1.50 bits per heavy atom. The third kappa shape index (κ3) is 2.46. The molecule has 0 aliphatic carbocycles. The van der Waals surface area contributed by atoms with E-state index in [-0.39, 0.29) is 11.1 Å². The van der Waals surface area contributed by atoms with Crippen LogP contribution in [0.3, 0.4) is 0 Å². The Labute approximate surface area is 109 Å². The minimum Gasteiger partial charge on any atom is -0.480 e. The number of hydrogen-bond acceptors (Lipinski definition) is 3. The van der Waals surface area contributed by atoms with E-state index in [1.54, 1.807) is 13.0 Å². The Morgan fingerprint density at radius 3 is 2.83 bits per heavy atom. The number of amides is 1. The summed E-state index contributed by atoms with van der Waals surface area (Å²) >= 11 is 5.80. The molecule has 6 heteroatoms. The van der Waals surface area contributed by atoms with E-state index >= 15 is 0 Å². The first-order valence-electron chi connectivity index (χ1n) is 5.67. The van der Waals surface area contributed by atoms with Gasteiger partial charge in [0, 0.05) is 17.8 Å². The van der Waals surface area contributed by atoms with E-state index in [2.05, 4.69) is 4.98 Å². The van der Waals surface area contributed by atoms with Gasteiger partial charge in [0.2, 0.25) is 0 Å². The summed E-state index contributed by atoms with van der Waals surface area (Å²) in [4.78, 5) is 28.6. The van der Waals surface area contributed by atoms with Gasteiger partial charge in [0.25, 0.3) is 5.91 Å². The van der Waals surface area contributed by atoms with Gasteiger partial charge in [0.15, 0.2) is 0 Å². The molecule has 1 aliphatic heterocycles. The average Bonchev–Trinajstić information content (AvgIpc) is 2.75. The van der Waals surface area contributed by atoms with Crippen LogP contribution in [0.25, 0.3) is 0 Å². The summed E-state index contributed by atoms with van der Waals surface area (Å²) in [5.41, 5.74) is 1.03. The van der Waals surface area contributed by atoms with Crippen molar-refractivity contribution in [3.8, 4) is 0 Å². The molecule has 1 amide bonds. The van der Waals surface area contributed by atoms with Gasteiger partial charge >= 0.3 is 5.97 Å². The van der Waals surface area contributed by atoms with Crippen molar-refractivity contribution in [2.45, 2.75) is 25.8 Å². The molecule has 0 aromatic carbocycles. The molecule has 5 nitrogen and oxygen atoms in total. The number of likely N-dealkylation sites (tertiary alicyclic amines) is 1. The first-order chi connectivity index (χ1) is 8.49. The molecule has 1 fully saturated rings. The highest BCUT2D eigenvalue weighted by atomic mass is 35.5. The van der Waals surface area contributed by atoms with Crippen LogP contribution < -0.4 is 0 Å². The predicted molar refractivity (Wildman–Crippen MR) is 65.7 cm³/mol. The van der Waals surface area contributed by atoms with E-state index in [1.165, 1.54) is 11.0 Å². The second kappa shape index (κ2) is 4.94. The standard InChI is InChI=1S/C12H13ClN2O3/c1-7-5-8(6-10(13)14-7)11(16)15-4-2-3-9(15)12(17)18/h5-6,9H,2-4H2,1H3,(H,17,18)/t9-/m0/s1. The van der Waals surface area contributed by atoms with Gasteiger partial charge in [-0.05, 0) is 31.9 Å². The van der Waals surface area contributed by atoms with Gasteiger partial charge < -0.3 is 10.0 Å². The van der Waals surface area contributed by atoms with Crippen LogP contribution in [0, 0.1) is 6.92 Å². The fourth-order valence-corrected chi connectivity index (χ4v) is 2.43. The Balaban J connectivity index is 2.28. The zero-order valence-electron chi connectivity index (χ0n) is 9.89. The van der Waals surface area contributed by atoms with Gasteiger partial charge in [-0.25, -0.2) is 9.78 Å². The molecule has 1 aliphatic rings. The molecule has 1 aromatic heterocycles. The number of halogens is 1. The van der Waals surface area contributed by atoms with Gasteiger partial charge in [-0.1, -0.05) is 11.6 Å². The largest absolute Gasteiger partial charge is 0.480 e. The second-order valence-electron chi connectivity index (χ2n) is 4.31. The summed E-state index contributed by atoms with van der Waals surface area (Å²) in [5, 5.41) is 9.30. The van der Waals surface area contributed by atoms with Crippen LogP contribution in [0.15, 0.2) is 12.1 Å².